The number of likely N-dealkylation sites (tertiary alicyclic amines) is 1. The second kappa shape index (κ2) is 5.07. The number of amides is 1. The summed E-state index contributed by atoms with van der Waals surface area (Å²) in [5.41, 5.74) is 2.43. The van der Waals surface area contributed by atoms with E-state index in [1.807, 2.05) is 34.6 Å². The van der Waals surface area contributed by atoms with Gasteiger partial charge in [0.2, 0.25) is 0 Å². The molecule has 22 heavy (non-hydrogen) atoms. The molecule has 2 aromatic heterocycles. The van der Waals surface area contributed by atoms with E-state index < -0.39 is 5.79 Å². The van der Waals surface area contributed by atoms with Crippen LogP contribution in [0.1, 0.15) is 28.9 Å². The van der Waals surface area contributed by atoms with E-state index in [4.69, 9.17) is 9.47 Å². The fraction of sp³-hybridized carbons (Fsp3) is 0.500. The van der Waals surface area contributed by atoms with Gasteiger partial charge in [-0.1, -0.05) is 0 Å². The first-order chi connectivity index (χ1) is 10.7. The predicted octanol–water partition coefficient (Wildman–Crippen LogP) is 1.62. The standard InChI is InChI=1S/C16H19N3O3/c1-12-2-5-19-11-13(17-14(19)10-12)15(20)18-6-3-16(4-7-18)21-8-9-22-16/h2,5,10-11H,3-4,6-9H2,1H3. The Morgan fingerprint density at radius 3 is 2.73 bits per heavy atom. The van der Waals surface area contributed by atoms with Gasteiger partial charge in [0.15, 0.2) is 5.79 Å². The van der Waals surface area contributed by atoms with Crippen molar-refractivity contribution in [2.45, 2.75) is 25.6 Å². The first-order valence-electron chi connectivity index (χ1n) is 7.68. The van der Waals surface area contributed by atoms with Crippen molar-refractivity contribution in [2.75, 3.05) is 26.3 Å². The normalized spacial score (nSPS) is 20.9. The van der Waals surface area contributed by atoms with Gasteiger partial charge in [-0.15, -0.1) is 0 Å². The van der Waals surface area contributed by atoms with Crippen LogP contribution in [-0.4, -0.2) is 52.3 Å². The van der Waals surface area contributed by atoms with Crippen molar-refractivity contribution < 1.29 is 14.3 Å². The van der Waals surface area contributed by atoms with E-state index in [0.29, 0.717) is 32.0 Å². The number of carbonyl (C=O) groups excluding carboxylic acids is 1. The number of piperidine rings is 1. The van der Waals surface area contributed by atoms with E-state index in [9.17, 15) is 4.79 Å². The summed E-state index contributed by atoms with van der Waals surface area (Å²) in [4.78, 5) is 18.9. The molecule has 4 heterocycles. The van der Waals surface area contributed by atoms with E-state index >= 15 is 0 Å². The van der Waals surface area contributed by atoms with Crippen LogP contribution in [0.15, 0.2) is 24.5 Å². The van der Waals surface area contributed by atoms with E-state index in [0.717, 1.165) is 24.1 Å². The molecule has 0 unspecified atom stereocenters. The van der Waals surface area contributed by atoms with Gasteiger partial charge in [0.05, 0.1) is 13.2 Å². The van der Waals surface area contributed by atoms with Gasteiger partial charge in [0, 0.05) is 38.3 Å². The predicted molar refractivity (Wildman–Crippen MR) is 79.7 cm³/mol. The Hall–Kier alpha value is -1.92. The largest absolute Gasteiger partial charge is 0.347 e. The Bertz CT molecular complexity index is 708. The molecule has 0 N–H and O–H groups in total. The van der Waals surface area contributed by atoms with Crippen molar-refractivity contribution in [1.29, 1.82) is 0 Å². The lowest BCUT2D eigenvalue weighted by Crippen LogP contribution is -2.47. The summed E-state index contributed by atoms with van der Waals surface area (Å²) >= 11 is 0. The average Bonchev–Trinajstić information content (AvgIpc) is 3.14. The highest BCUT2D eigenvalue weighted by atomic mass is 16.7. The Kier molecular flexibility index (Phi) is 3.16. The quantitative estimate of drug-likeness (QED) is 0.803. The topological polar surface area (TPSA) is 56.1 Å². The Balaban J connectivity index is 1.51. The molecule has 2 saturated heterocycles. The molecule has 2 aromatic rings. The van der Waals surface area contributed by atoms with E-state index in [2.05, 4.69) is 4.98 Å². The van der Waals surface area contributed by atoms with Crippen LogP contribution in [0, 0.1) is 6.92 Å². The molecule has 2 aliphatic heterocycles. The molecular weight excluding hydrogens is 282 g/mol. The maximum Gasteiger partial charge on any atom is 0.274 e. The summed E-state index contributed by atoms with van der Waals surface area (Å²) in [6.45, 7) is 4.61. The fourth-order valence-corrected chi connectivity index (χ4v) is 3.18. The first kappa shape index (κ1) is 13.7. The number of ether oxygens (including phenoxy) is 2. The van der Waals surface area contributed by atoms with Crippen LogP contribution in [0.25, 0.3) is 5.65 Å². The summed E-state index contributed by atoms with van der Waals surface area (Å²) in [6.07, 6.45) is 5.18. The number of pyridine rings is 1. The summed E-state index contributed by atoms with van der Waals surface area (Å²) in [6, 6.07) is 3.98. The molecule has 0 saturated carbocycles. The smallest absolute Gasteiger partial charge is 0.274 e. The van der Waals surface area contributed by atoms with Gasteiger partial charge in [0.25, 0.3) is 5.91 Å². The number of fused-ring (bicyclic) bond motifs is 1. The molecule has 0 aromatic carbocycles. The van der Waals surface area contributed by atoms with Crippen LogP contribution < -0.4 is 0 Å². The minimum Gasteiger partial charge on any atom is -0.347 e. The van der Waals surface area contributed by atoms with Gasteiger partial charge in [0.1, 0.15) is 11.3 Å². The molecule has 116 valence electrons. The molecule has 2 aliphatic rings. The summed E-state index contributed by atoms with van der Waals surface area (Å²) in [5.74, 6) is -0.471. The number of aryl methyl sites for hydroxylation is 1. The number of hydrogen-bond donors (Lipinski definition) is 0. The molecule has 6 nitrogen and oxygen atoms in total. The maximum atomic E-state index is 12.6. The van der Waals surface area contributed by atoms with Crippen molar-refractivity contribution in [3.63, 3.8) is 0 Å². The lowest BCUT2D eigenvalue weighted by molar-refractivity contribution is -0.181. The fourth-order valence-electron chi connectivity index (χ4n) is 3.18. The van der Waals surface area contributed by atoms with Crippen LogP contribution in [-0.2, 0) is 9.47 Å². The SMILES string of the molecule is Cc1ccn2cc(C(=O)N3CCC4(CC3)OCCO4)nc2c1. The van der Waals surface area contributed by atoms with Crippen LogP contribution in [0.4, 0.5) is 0 Å². The third kappa shape index (κ3) is 2.28. The summed E-state index contributed by atoms with van der Waals surface area (Å²) < 4.78 is 13.3. The Labute approximate surface area is 128 Å². The monoisotopic (exact) mass is 301 g/mol. The molecule has 1 spiro atoms. The third-order valence-electron chi connectivity index (χ3n) is 4.46. The zero-order valence-corrected chi connectivity index (χ0v) is 12.6. The summed E-state index contributed by atoms with van der Waals surface area (Å²) in [7, 11) is 0. The zero-order valence-electron chi connectivity index (χ0n) is 12.6. The van der Waals surface area contributed by atoms with Crippen molar-refractivity contribution >= 4 is 11.6 Å². The number of nitrogens with zero attached hydrogens (tertiary/aromatic N) is 3. The van der Waals surface area contributed by atoms with E-state index in [1.165, 1.54) is 0 Å². The third-order valence-corrected chi connectivity index (χ3v) is 4.46. The Morgan fingerprint density at radius 1 is 1.27 bits per heavy atom. The molecule has 1 amide bonds. The average molecular weight is 301 g/mol. The van der Waals surface area contributed by atoms with Crippen LogP contribution in [0.3, 0.4) is 0 Å². The molecule has 6 heteroatoms. The van der Waals surface area contributed by atoms with Gasteiger partial charge in [-0.3, -0.25) is 4.79 Å². The van der Waals surface area contributed by atoms with Crippen LogP contribution in [0.5, 0.6) is 0 Å². The minimum atomic E-state index is -0.452. The molecule has 0 atom stereocenters. The Morgan fingerprint density at radius 2 is 2.00 bits per heavy atom. The molecular formula is C16H19N3O3. The second-order valence-electron chi connectivity index (χ2n) is 6.00. The molecule has 4 rings (SSSR count). The molecule has 0 aliphatic carbocycles. The van der Waals surface area contributed by atoms with E-state index in [1.54, 1.807) is 6.20 Å². The number of carbonyl (C=O) groups is 1. The number of rotatable bonds is 1. The highest BCUT2D eigenvalue weighted by molar-refractivity contribution is 5.93. The zero-order chi connectivity index (χ0) is 15.2. The van der Waals surface area contributed by atoms with E-state index in [-0.39, 0.29) is 5.91 Å². The van der Waals surface area contributed by atoms with Gasteiger partial charge < -0.3 is 18.8 Å². The number of hydrogen-bond acceptors (Lipinski definition) is 4. The van der Waals surface area contributed by atoms with Crippen LogP contribution in [0.2, 0.25) is 0 Å². The first-order valence-corrected chi connectivity index (χ1v) is 7.68. The highest BCUT2D eigenvalue weighted by Gasteiger charge is 2.41. The molecule has 0 radical (unpaired) electrons. The van der Waals surface area contributed by atoms with Crippen molar-refractivity contribution in [1.82, 2.24) is 14.3 Å². The number of imidazole rings is 1. The van der Waals surface area contributed by atoms with Crippen molar-refractivity contribution in [2.24, 2.45) is 0 Å². The lowest BCUT2D eigenvalue weighted by atomic mass is 10.0. The lowest BCUT2D eigenvalue weighted by Gasteiger charge is -2.37. The second-order valence-corrected chi connectivity index (χ2v) is 6.00. The highest BCUT2D eigenvalue weighted by Crippen LogP contribution is 2.31. The van der Waals surface area contributed by atoms with Crippen LogP contribution >= 0.6 is 0 Å². The number of aromatic nitrogens is 2. The van der Waals surface area contributed by atoms with Gasteiger partial charge in [-0.2, -0.15) is 0 Å². The van der Waals surface area contributed by atoms with Gasteiger partial charge in [-0.05, 0) is 24.6 Å². The van der Waals surface area contributed by atoms with Crippen molar-refractivity contribution in [3.8, 4) is 0 Å². The van der Waals surface area contributed by atoms with Gasteiger partial charge >= 0.3 is 0 Å². The van der Waals surface area contributed by atoms with Crippen molar-refractivity contribution in [3.05, 3.63) is 35.8 Å². The molecule has 0 bridgehead atoms. The van der Waals surface area contributed by atoms with Gasteiger partial charge in [-0.25, -0.2) is 4.98 Å². The molecule has 2 fully saturated rings. The summed E-state index contributed by atoms with van der Waals surface area (Å²) in [5, 5.41) is 0. The maximum absolute atomic E-state index is 12.6. The minimum absolute atomic E-state index is 0.0193.